The number of anilines is 1. The molecule has 0 saturated carbocycles. The number of nitrogens with zero attached hydrogens (tertiary/aromatic N) is 3. The van der Waals surface area contributed by atoms with Gasteiger partial charge in [-0.05, 0) is 37.1 Å². The van der Waals surface area contributed by atoms with Crippen molar-refractivity contribution in [1.82, 2.24) is 15.2 Å². The number of halogens is 5. The smallest absolute Gasteiger partial charge is 0.417 e. The summed E-state index contributed by atoms with van der Waals surface area (Å²) in [7, 11) is 0. The first kappa shape index (κ1) is 20.7. The quantitative estimate of drug-likeness (QED) is 0.545. The molecule has 2 saturated heterocycles. The standard InChI is InChI=1S/C22H19F5N4O/c23-14-5-12(6-15(24)7-14)19-10-21(30-29-19)32-18-8-16-2-3-17(9-18)31(16)20-4-1-13(11-28-20)22(25,26)27/h1,4-7,10-11,16-18H,2-3,8-9H2,(H,29,30)/t16-,17+,18+. The summed E-state index contributed by atoms with van der Waals surface area (Å²) in [5.74, 6) is -0.436. The Balaban J connectivity index is 1.27. The average molecular weight is 450 g/mol. The van der Waals surface area contributed by atoms with Crippen LogP contribution in [0.1, 0.15) is 31.2 Å². The van der Waals surface area contributed by atoms with Gasteiger partial charge in [0.25, 0.3) is 0 Å². The molecule has 2 aliphatic heterocycles. The SMILES string of the molecule is Fc1cc(F)cc(-c2cc(O[C@H]3C[C@H]4CC[C@@H](C3)N4c3ccc(C(F)(F)F)cn3)[nH]n2)c1. The van der Waals surface area contributed by atoms with Gasteiger partial charge in [-0.15, -0.1) is 0 Å². The zero-order chi connectivity index (χ0) is 22.5. The predicted molar refractivity (Wildman–Crippen MR) is 106 cm³/mol. The molecule has 2 aliphatic rings. The number of hydrogen-bond donors (Lipinski definition) is 1. The molecule has 2 aromatic heterocycles. The molecule has 5 rings (SSSR count). The summed E-state index contributed by atoms with van der Waals surface area (Å²) in [6.07, 6.45) is -0.474. The molecule has 0 amide bonds. The Morgan fingerprint density at radius 1 is 0.969 bits per heavy atom. The molecule has 168 valence electrons. The number of pyridine rings is 1. The van der Waals surface area contributed by atoms with Gasteiger partial charge in [0.1, 0.15) is 23.6 Å². The lowest BCUT2D eigenvalue weighted by Gasteiger charge is -2.39. The summed E-state index contributed by atoms with van der Waals surface area (Å²) in [5.41, 5.74) is -0.0929. The number of hydrogen-bond acceptors (Lipinski definition) is 4. The van der Waals surface area contributed by atoms with E-state index >= 15 is 0 Å². The third-order valence-corrected chi connectivity index (χ3v) is 6.04. The highest BCUT2D eigenvalue weighted by molar-refractivity contribution is 5.60. The van der Waals surface area contributed by atoms with Crippen LogP contribution >= 0.6 is 0 Å². The van der Waals surface area contributed by atoms with Crippen LogP contribution in [0.5, 0.6) is 5.88 Å². The topological polar surface area (TPSA) is 54.0 Å². The summed E-state index contributed by atoms with van der Waals surface area (Å²) in [6.45, 7) is 0. The number of ether oxygens (including phenoxy) is 1. The third kappa shape index (κ3) is 4.01. The van der Waals surface area contributed by atoms with Crippen LogP contribution in [-0.4, -0.2) is 33.4 Å². The fourth-order valence-corrected chi connectivity index (χ4v) is 4.70. The maximum absolute atomic E-state index is 13.5. The summed E-state index contributed by atoms with van der Waals surface area (Å²) in [4.78, 5) is 6.15. The van der Waals surface area contributed by atoms with Crippen LogP contribution in [0, 0.1) is 11.6 Å². The van der Waals surface area contributed by atoms with Crippen molar-refractivity contribution in [2.24, 2.45) is 0 Å². The van der Waals surface area contributed by atoms with Crippen LogP contribution in [0.3, 0.4) is 0 Å². The van der Waals surface area contributed by atoms with Gasteiger partial charge < -0.3 is 9.64 Å². The number of aromatic nitrogens is 3. The Morgan fingerprint density at radius 2 is 1.66 bits per heavy atom. The minimum atomic E-state index is -4.41. The zero-order valence-electron chi connectivity index (χ0n) is 16.7. The van der Waals surface area contributed by atoms with E-state index in [-0.39, 0.29) is 18.2 Å². The average Bonchev–Trinajstić information content (AvgIpc) is 3.29. The maximum atomic E-state index is 13.5. The van der Waals surface area contributed by atoms with Gasteiger partial charge >= 0.3 is 6.18 Å². The van der Waals surface area contributed by atoms with Gasteiger partial charge in [0.05, 0.1) is 11.3 Å². The van der Waals surface area contributed by atoms with Gasteiger partial charge in [0, 0.05) is 48.8 Å². The number of piperidine rings is 1. The maximum Gasteiger partial charge on any atom is 0.417 e. The number of H-pyrrole nitrogens is 1. The second-order valence-electron chi connectivity index (χ2n) is 8.18. The van der Waals surface area contributed by atoms with Crippen molar-refractivity contribution in [3.8, 4) is 17.1 Å². The van der Waals surface area contributed by atoms with E-state index in [0.29, 0.717) is 35.8 Å². The predicted octanol–water partition coefficient (Wildman–Crippen LogP) is 5.35. The molecule has 0 radical (unpaired) electrons. The first-order chi connectivity index (χ1) is 15.3. The fraction of sp³-hybridized carbons (Fsp3) is 0.364. The summed E-state index contributed by atoms with van der Waals surface area (Å²) < 4.78 is 71.4. The fourth-order valence-electron chi connectivity index (χ4n) is 4.70. The van der Waals surface area contributed by atoms with E-state index in [0.717, 1.165) is 31.2 Å². The molecule has 2 bridgehead atoms. The Kier molecular flexibility index (Phi) is 5.02. The minimum Gasteiger partial charge on any atom is -0.474 e. The van der Waals surface area contributed by atoms with Gasteiger partial charge in [-0.1, -0.05) is 0 Å². The number of aromatic amines is 1. The van der Waals surface area contributed by atoms with E-state index in [1.807, 2.05) is 0 Å². The molecule has 0 unspecified atom stereocenters. The Labute approximate surface area is 180 Å². The number of alkyl halides is 3. The van der Waals surface area contributed by atoms with Crippen molar-refractivity contribution in [1.29, 1.82) is 0 Å². The number of fused-ring (bicyclic) bond motifs is 2. The molecule has 4 heterocycles. The second kappa shape index (κ2) is 7.75. The first-order valence-electron chi connectivity index (χ1n) is 10.3. The van der Waals surface area contributed by atoms with E-state index in [9.17, 15) is 22.0 Å². The van der Waals surface area contributed by atoms with Gasteiger partial charge in [-0.3, -0.25) is 0 Å². The minimum absolute atomic E-state index is 0.114. The molecular formula is C22H19F5N4O. The Hall–Kier alpha value is -3.17. The van der Waals surface area contributed by atoms with Crippen LogP contribution in [0.25, 0.3) is 11.3 Å². The van der Waals surface area contributed by atoms with E-state index in [2.05, 4.69) is 20.1 Å². The highest BCUT2D eigenvalue weighted by Crippen LogP contribution is 2.40. The first-order valence-corrected chi connectivity index (χ1v) is 10.3. The van der Waals surface area contributed by atoms with Crippen LogP contribution in [0.2, 0.25) is 0 Å². The van der Waals surface area contributed by atoms with Gasteiger partial charge in [0.2, 0.25) is 5.88 Å². The number of benzene rings is 1. The monoisotopic (exact) mass is 450 g/mol. The van der Waals surface area contributed by atoms with Crippen molar-refractivity contribution in [2.75, 3.05) is 4.90 Å². The van der Waals surface area contributed by atoms with E-state index < -0.39 is 23.4 Å². The molecule has 32 heavy (non-hydrogen) atoms. The van der Waals surface area contributed by atoms with Crippen molar-refractivity contribution >= 4 is 5.82 Å². The molecule has 3 aromatic rings. The lowest BCUT2D eigenvalue weighted by Crippen LogP contribution is -2.46. The van der Waals surface area contributed by atoms with Crippen LogP contribution in [0.15, 0.2) is 42.6 Å². The van der Waals surface area contributed by atoms with Gasteiger partial charge in [-0.25, -0.2) is 18.9 Å². The van der Waals surface area contributed by atoms with Crippen molar-refractivity contribution < 1.29 is 26.7 Å². The van der Waals surface area contributed by atoms with Crippen LogP contribution in [0.4, 0.5) is 27.8 Å². The molecule has 10 heteroatoms. The van der Waals surface area contributed by atoms with Gasteiger partial charge in [0.15, 0.2) is 0 Å². The Bertz CT molecular complexity index is 1080. The second-order valence-corrected chi connectivity index (χ2v) is 8.18. The van der Waals surface area contributed by atoms with E-state index in [1.165, 1.54) is 18.2 Å². The number of nitrogens with one attached hydrogen (secondary N) is 1. The molecule has 1 N–H and O–H groups in total. The number of rotatable bonds is 4. The van der Waals surface area contributed by atoms with Crippen molar-refractivity contribution in [3.63, 3.8) is 0 Å². The van der Waals surface area contributed by atoms with E-state index in [1.54, 1.807) is 6.07 Å². The normalized spacial score (nSPS) is 22.9. The molecular weight excluding hydrogens is 431 g/mol. The molecule has 0 spiro atoms. The summed E-state index contributed by atoms with van der Waals surface area (Å²) in [6, 6.07) is 7.49. The lowest BCUT2D eigenvalue weighted by molar-refractivity contribution is -0.137. The zero-order valence-corrected chi connectivity index (χ0v) is 16.7. The van der Waals surface area contributed by atoms with Crippen LogP contribution in [-0.2, 0) is 6.18 Å². The molecule has 0 aliphatic carbocycles. The third-order valence-electron chi connectivity index (χ3n) is 6.04. The van der Waals surface area contributed by atoms with Crippen molar-refractivity contribution in [3.05, 3.63) is 59.8 Å². The van der Waals surface area contributed by atoms with Crippen molar-refractivity contribution in [2.45, 2.75) is 50.0 Å². The molecule has 2 fully saturated rings. The van der Waals surface area contributed by atoms with Gasteiger partial charge in [-0.2, -0.15) is 18.3 Å². The highest BCUT2D eigenvalue weighted by Gasteiger charge is 2.42. The van der Waals surface area contributed by atoms with Crippen LogP contribution < -0.4 is 9.64 Å². The molecule has 5 nitrogen and oxygen atoms in total. The summed E-state index contributed by atoms with van der Waals surface area (Å²) >= 11 is 0. The molecule has 3 atom stereocenters. The van der Waals surface area contributed by atoms with E-state index in [4.69, 9.17) is 4.74 Å². The summed E-state index contributed by atoms with van der Waals surface area (Å²) in [5, 5.41) is 6.84. The highest BCUT2D eigenvalue weighted by atomic mass is 19.4. The Morgan fingerprint density at radius 3 is 2.25 bits per heavy atom. The largest absolute Gasteiger partial charge is 0.474 e. The molecule has 1 aromatic carbocycles. The lowest BCUT2D eigenvalue weighted by atomic mass is 9.99.